The first-order valence-corrected chi connectivity index (χ1v) is 9.24. The molecule has 2 rings (SSSR count). The largest absolute Gasteiger partial charge is 0.355 e. The summed E-state index contributed by atoms with van der Waals surface area (Å²) >= 11 is 1.76. The van der Waals surface area contributed by atoms with E-state index >= 15 is 0 Å². The third-order valence-corrected chi connectivity index (χ3v) is 5.45. The van der Waals surface area contributed by atoms with Gasteiger partial charge in [-0.25, -0.2) is 4.98 Å². The first-order chi connectivity index (χ1) is 11.1. The molecular weight excluding hydrogens is 435 g/mol. The lowest BCUT2D eigenvalue weighted by Gasteiger charge is -2.36. The van der Waals surface area contributed by atoms with Gasteiger partial charge in [-0.15, -0.1) is 35.3 Å². The van der Waals surface area contributed by atoms with Crippen LogP contribution in [0.4, 0.5) is 0 Å². The lowest BCUT2D eigenvalue weighted by atomic mass is 10.2. The average molecular weight is 466 g/mol. The first kappa shape index (κ1) is 21.6. The van der Waals surface area contributed by atoms with E-state index in [0.717, 1.165) is 56.7 Å². The summed E-state index contributed by atoms with van der Waals surface area (Å²) in [5, 5.41) is 7.89. The van der Waals surface area contributed by atoms with Crippen molar-refractivity contribution in [1.82, 2.24) is 25.4 Å². The predicted octanol–water partition coefficient (Wildman–Crippen LogP) is 1.62. The van der Waals surface area contributed by atoms with Gasteiger partial charge in [0.05, 0.1) is 6.54 Å². The lowest BCUT2D eigenvalue weighted by molar-refractivity contribution is 0.120. The Kier molecular flexibility index (Phi) is 10.1. The molecule has 6 nitrogen and oxygen atoms in total. The Bertz CT molecular complexity index is 499. The van der Waals surface area contributed by atoms with Crippen molar-refractivity contribution in [3.63, 3.8) is 0 Å². The molecule has 0 saturated carbocycles. The van der Waals surface area contributed by atoms with E-state index in [1.54, 1.807) is 11.3 Å². The smallest absolute Gasteiger partial charge is 0.191 e. The fraction of sp³-hybridized carbons (Fsp3) is 0.750. The zero-order valence-electron chi connectivity index (χ0n) is 15.2. The monoisotopic (exact) mass is 466 g/mol. The molecule has 0 spiro atoms. The molecule has 1 saturated heterocycles. The molecule has 0 radical (unpaired) electrons. The molecule has 138 valence electrons. The Morgan fingerprint density at radius 2 is 2.04 bits per heavy atom. The summed E-state index contributed by atoms with van der Waals surface area (Å²) < 4.78 is 0. The minimum atomic E-state index is 0. The van der Waals surface area contributed by atoms with Crippen molar-refractivity contribution in [1.29, 1.82) is 0 Å². The fourth-order valence-corrected chi connectivity index (χ4v) is 3.41. The third kappa shape index (κ3) is 6.81. The molecule has 1 aromatic heterocycles. The number of hydrogen-bond donors (Lipinski definition) is 2. The van der Waals surface area contributed by atoms with E-state index in [1.165, 1.54) is 4.88 Å². The highest BCUT2D eigenvalue weighted by molar-refractivity contribution is 14.0. The molecule has 8 heteroatoms. The van der Waals surface area contributed by atoms with Crippen LogP contribution in [0, 0.1) is 0 Å². The van der Waals surface area contributed by atoms with E-state index in [2.05, 4.69) is 51.3 Å². The van der Waals surface area contributed by atoms with Crippen molar-refractivity contribution >= 4 is 41.3 Å². The van der Waals surface area contributed by atoms with E-state index < -0.39 is 0 Å². The average Bonchev–Trinajstić information content (AvgIpc) is 3.03. The number of nitrogens with one attached hydrogen (secondary N) is 2. The minimum absolute atomic E-state index is 0. The van der Waals surface area contributed by atoms with Gasteiger partial charge in [-0.05, 0) is 20.4 Å². The summed E-state index contributed by atoms with van der Waals surface area (Å²) in [4.78, 5) is 15.0. The molecule has 0 amide bonds. The van der Waals surface area contributed by atoms with Crippen LogP contribution in [0.15, 0.2) is 11.2 Å². The number of thiazole rings is 1. The standard InChI is InChI=1S/C16H30N6S.HI/c1-5-14-11-18-15(23-14)12-20-16(17-3)19-10-13(2)22-8-6-21(4)7-9-22;/h11,13H,5-10,12H2,1-4H3,(H2,17,19,20);1H. The zero-order valence-corrected chi connectivity index (χ0v) is 18.4. The van der Waals surface area contributed by atoms with Crippen molar-refractivity contribution in [2.24, 2.45) is 4.99 Å². The fourth-order valence-electron chi connectivity index (χ4n) is 2.61. The van der Waals surface area contributed by atoms with Gasteiger partial charge in [0, 0.05) is 56.9 Å². The van der Waals surface area contributed by atoms with Gasteiger partial charge in [0.2, 0.25) is 0 Å². The Morgan fingerprint density at radius 1 is 1.33 bits per heavy atom. The molecule has 0 bridgehead atoms. The molecule has 24 heavy (non-hydrogen) atoms. The topological polar surface area (TPSA) is 55.8 Å². The zero-order chi connectivity index (χ0) is 16.7. The summed E-state index contributed by atoms with van der Waals surface area (Å²) in [7, 11) is 4.00. The lowest BCUT2D eigenvalue weighted by Crippen LogP contribution is -2.52. The highest BCUT2D eigenvalue weighted by Gasteiger charge is 2.19. The van der Waals surface area contributed by atoms with Crippen molar-refractivity contribution in [3.8, 4) is 0 Å². The van der Waals surface area contributed by atoms with Crippen LogP contribution in [0.3, 0.4) is 0 Å². The second-order valence-electron chi connectivity index (χ2n) is 6.07. The van der Waals surface area contributed by atoms with E-state index in [4.69, 9.17) is 0 Å². The molecule has 1 fully saturated rings. The van der Waals surface area contributed by atoms with Gasteiger partial charge in [-0.1, -0.05) is 6.92 Å². The molecule has 1 atom stereocenters. The Balaban J connectivity index is 0.00000288. The van der Waals surface area contributed by atoms with E-state index in [0.29, 0.717) is 6.04 Å². The maximum absolute atomic E-state index is 4.43. The maximum atomic E-state index is 4.43. The van der Waals surface area contributed by atoms with Gasteiger partial charge < -0.3 is 15.5 Å². The van der Waals surface area contributed by atoms with Gasteiger partial charge in [-0.2, -0.15) is 0 Å². The summed E-state index contributed by atoms with van der Waals surface area (Å²) in [5.41, 5.74) is 0. The molecular formula is C16H31IN6S. The number of piperazine rings is 1. The molecule has 2 N–H and O–H groups in total. The molecule has 1 aliphatic heterocycles. The van der Waals surface area contributed by atoms with Crippen molar-refractivity contribution in [2.45, 2.75) is 32.9 Å². The number of guanidine groups is 1. The number of nitrogens with zero attached hydrogens (tertiary/aromatic N) is 4. The van der Waals surface area contributed by atoms with Crippen molar-refractivity contribution < 1.29 is 0 Å². The quantitative estimate of drug-likeness (QED) is 0.379. The van der Waals surface area contributed by atoms with E-state index in [-0.39, 0.29) is 24.0 Å². The molecule has 1 aromatic rings. The van der Waals surface area contributed by atoms with Crippen LogP contribution in [-0.2, 0) is 13.0 Å². The molecule has 1 aliphatic rings. The number of likely N-dealkylation sites (N-methyl/N-ethyl adjacent to an activating group) is 1. The number of hydrogen-bond acceptors (Lipinski definition) is 5. The van der Waals surface area contributed by atoms with Gasteiger partial charge >= 0.3 is 0 Å². The maximum Gasteiger partial charge on any atom is 0.191 e. The minimum Gasteiger partial charge on any atom is -0.355 e. The second kappa shape index (κ2) is 11.2. The number of aryl methyl sites for hydroxylation is 1. The van der Waals surface area contributed by atoms with Crippen LogP contribution in [0.5, 0.6) is 0 Å². The summed E-state index contributed by atoms with van der Waals surface area (Å²) in [6, 6.07) is 0.508. The highest BCUT2D eigenvalue weighted by Crippen LogP contribution is 2.12. The van der Waals surface area contributed by atoms with Crippen molar-refractivity contribution in [3.05, 3.63) is 16.1 Å². The SMILES string of the molecule is CCc1cnc(CNC(=NC)NCC(C)N2CCN(C)CC2)s1.I. The van der Waals surface area contributed by atoms with E-state index in [1.807, 2.05) is 13.2 Å². The molecule has 2 heterocycles. The van der Waals surface area contributed by atoms with Gasteiger partial charge in [0.15, 0.2) is 5.96 Å². The normalized spacial score (nSPS) is 18.1. The Labute approximate surface area is 167 Å². The van der Waals surface area contributed by atoms with E-state index in [9.17, 15) is 0 Å². The molecule has 1 unspecified atom stereocenters. The van der Waals surface area contributed by atoms with Crippen LogP contribution in [-0.4, -0.2) is 73.6 Å². The van der Waals surface area contributed by atoms with Crippen LogP contribution in [0.25, 0.3) is 0 Å². The predicted molar refractivity (Wildman–Crippen MR) is 114 cm³/mol. The summed E-state index contributed by atoms with van der Waals surface area (Å²) in [6.07, 6.45) is 3.01. The third-order valence-electron chi connectivity index (χ3n) is 4.31. The summed E-state index contributed by atoms with van der Waals surface area (Å²) in [6.45, 7) is 10.7. The highest BCUT2D eigenvalue weighted by atomic mass is 127. The number of aromatic nitrogens is 1. The Morgan fingerprint density at radius 3 is 2.62 bits per heavy atom. The molecule has 0 aliphatic carbocycles. The number of aliphatic imine (C=N–C) groups is 1. The van der Waals surface area contributed by atoms with Gasteiger partial charge in [-0.3, -0.25) is 9.89 Å². The second-order valence-corrected chi connectivity index (χ2v) is 7.27. The van der Waals surface area contributed by atoms with Crippen LogP contribution < -0.4 is 10.6 Å². The van der Waals surface area contributed by atoms with Crippen molar-refractivity contribution in [2.75, 3.05) is 46.8 Å². The van der Waals surface area contributed by atoms with Crippen LogP contribution >= 0.6 is 35.3 Å². The van der Waals surface area contributed by atoms with Crippen LogP contribution in [0.2, 0.25) is 0 Å². The Hall–Kier alpha value is -0.450. The van der Waals surface area contributed by atoms with Crippen LogP contribution in [0.1, 0.15) is 23.7 Å². The first-order valence-electron chi connectivity index (χ1n) is 8.43. The summed E-state index contributed by atoms with van der Waals surface area (Å²) in [5.74, 6) is 0.847. The number of rotatable bonds is 6. The van der Waals surface area contributed by atoms with Gasteiger partial charge in [0.25, 0.3) is 0 Å². The van der Waals surface area contributed by atoms with Gasteiger partial charge in [0.1, 0.15) is 5.01 Å². The molecule has 0 aromatic carbocycles. The number of halogens is 1.